The Balaban J connectivity index is 1.73. The molecule has 2 heterocycles. The second-order valence-corrected chi connectivity index (χ2v) is 13.2. The number of alkyl halides is 2. The molecular weight excluding hydrogens is 588 g/mol. The molecule has 12 heteroatoms. The summed E-state index contributed by atoms with van der Waals surface area (Å²) in [6, 6.07) is 1.47. The fraction of sp³-hybridized carbons (Fsp3) is 0.441. The third-order valence-electron chi connectivity index (χ3n) is 8.31. The van der Waals surface area contributed by atoms with Crippen LogP contribution in [0.25, 0.3) is 0 Å². The van der Waals surface area contributed by atoms with Crippen molar-refractivity contribution in [1.82, 2.24) is 25.9 Å². The van der Waals surface area contributed by atoms with Crippen molar-refractivity contribution >= 4 is 12.2 Å². The van der Waals surface area contributed by atoms with Gasteiger partial charge in [0, 0.05) is 43.8 Å². The van der Waals surface area contributed by atoms with Gasteiger partial charge in [-0.25, -0.2) is 14.6 Å². The first-order chi connectivity index (χ1) is 21.8. The summed E-state index contributed by atoms with van der Waals surface area (Å²) in [7, 11) is 1.70. The molecule has 0 aromatic carbocycles. The first kappa shape index (κ1) is 34.4. The Hall–Kier alpha value is -4.47. The number of rotatable bonds is 11. The average Bonchev–Trinajstić information content (AvgIpc) is 3.83. The van der Waals surface area contributed by atoms with Crippen molar-refractivity contribution in [2.24, 2.45) is 27.9 Å². The highest BCUT2D eigenvalue weighted by molar-refractivity contribution is 5.83. The zero-order valence-electron chi connectivity index (χ0n) is 26.9. The largest absolute Gasteiger partial charge is 0.399 e. The number of nitriles is 1. The topological polar surface area (TPSA) is 148 Å². The smallest absolute Gasteiger partial charge is 0.262 e. The van der Waals surface area contributed by atoms with Crippen LogP contribution in [0.2, 0.25) is 0 Å². The molecule has 2 bridgehead atoms. The normalized spacial score (nSPS) is 25.2. The summed E-state index contributed by atoms with van der Waals surface area (Å²) >= 11 is 0. The molecule has 4 rings (SSSR count). The van der Waals surface area contributed by atoms with Crippen LogP contribution in [0.15, 0.2) is 100 Å². The molecule has 2 unspecified atom stereocenters. The number of hydrazine groups is 1. The standard InChI is InChI=1S/C34H45F2N9O/c1-6-25(16-24(18-37)28-17-29(42-21-41-28)40-20-33(2,3)4)43-30(27(38)19-45(39)34(12-13-34)32(35)36)26-10-8-7-9-23-15-22(26)11-14-44(5)31(23)46/h6-8,10-11,14-16,19,21,23,29-30,32,40,43H,1,9,12-13,17,20,38-39H2,2-5H3,(H,41,42)/b8-7-,25-16+,26-10?,27-19-,28-24-/t23?,29?,30-/m0/s1. The van der Waals surface area contributed by atoms with Crippen molar-refractivity contribution < 1.29 is 13.6 Å². The van der Waals surface area contributed by atoms with E-state index in [1.165, 1.54) is 11.1 Å². The molecule has 46 heavy (non-hydrogen) atoms. The number of nitrogens with zero attached hydrogens (tertiary/aromatic N) is 4. The molecule has 2 aliphatic carbocycles. The SMILES string of the molecule is C=C/C(=C\C(C#N)=C1/CC(NCC(C)(C)C)N=CN1)N[C@@H](C1=C/C=C\CC2C=C1C=CN(C)C2=O)/C(N)=C/N(N)C1(C(F)F)CC1. The fourth-order valence-corrected chi connectivity index (χ4v) is 5.32. The van der Waals surface area contributed by atoms with E-state index in [0.717, 1.165) is 17.1 Å². The second kappa shape index (κ2) is 14.3. The van der Waals surface area contributed by atoms with Crippen molar-refractivity contribution in [2.75, 3.05) is 13.6 Å². The van der Waals surface area contributed by atoms with Gasteiger partial charge in [-0.15, -0.1) is 0 Å². The van der Waals surface area contributed by atoms with Crippen LogP contribution in [0.1, 0.15) is 46.5 Å². The zero-order valence-corrected chi connectivity index (χ0v) is 26.9. The zero-order chi connectivity index (χ0) is 33.6. The number of hydrogen-bond donors (Lipinski definition) is 5. The molecule has 0 saturated heterocycles. The molecule has 10 nitrogen and oxygen atoms in total. The van der Waals surface area contributed by atoms with Gasteiger partial charge >= 0.3 is 0 Å². The summed E-state index contributed by atoms with van der Waals surface area (Å²) < 4.78 is 27.8. The minimum absolute atomic E-state index is 0.0540. The Morgan fingerprint density at radius 1 is 1.39 bits per heavy atom. The quantitative estimate of drug-likeness (QED) is 0.0994. The lowest BCUT2D eigenvalue weighted by Crippen LogP contribution is -2.46. The lowest BCUT2D eigenvalue weighted by molar-refractivity contribution is -0.130. The Bertz CT molecular complexity index is 1480. The van der Waals surface area contributed by atoms with Crippen LogP contribution >= 0.6 is 0 Å². The fourth-order valence-electron chi connectivity index (χ4n) is 5.32. The maximum Gasteiger partial charge on any atom is 0.262 e. The molecule has 4 aliphatic rings. The number of nitrogens with two attached hydrogens (primary N) is 2. The predicted molar refractivity (Wildman–Crippen MR) is 177 cm³/mol. The molecule has 0 aromatic rings. The number of carbonyl (C=O) groups excluding carboxylic acids is 1. The molecule has 3 atom stereocenters. The summed E-state index contributed by atoms with van der Waals surface area (Å²) in [6.45, 7) is 11.1. The van der Waals surface area contributed by atoms with E-state index in [4.69, 9.17) is 11.6 Å². The van der Waals surface area contributed by atoms with Crippen LogP contribution in [0.5, 0.6) is 0 Å². The van der Waals surface area contributed by atoms with Crippen LogP contribution in [0.4, 0.5) is 8.78 Å². The highest BCUT2D eigenvalue weighted by Gasteiger charge is 2.54. The van der Waals surface area contributed by atoms with E-state index in [1.54, 1.807) is 31.7 Å². The second-order valence-electron chi connectivity index (χ2n) is 13.2. The van der Waals surface area contributed by atoms with Gasteiger partial charge in [0.1, 0.15) is 17.8 Å². The molecule has 2 aliphatic heterocycles. The molecule has 1 saturated carbocycles. The highest BCUT2D eigenvalue weighted by atomic mass is 19.3. The molecular formula is C34H45F2N9O. The van der Waals surface area contributed by atoms with Gasteiger partial charge in [-0.3, -0.25) is 15.1 Å². The van der Waals surface area contributed by atoms with Crippen LogP contribution < -0.4 is 27.5 Å². The summed E-state index contributed by atoms with van der Waals surface area (Å²) in [6.07, 6.45) is 15.8. The van der Waals surface area contributed by atoms with Crippen LogP contribution in [-0.2, 0) is 4.79 Å². The van der Waals surface area contributed by atoms with Gasteiger partial charge in [-0.05, 0) is 54.1 Å². The molecule has 1 fully saturated rings. The predicted octanol–water partition coefficient (Wildman–Crippen LogP) is 3.96. The van der Waals surface area contributed by atoms with Crippen molar-refractivity contribution in [2.45, 2.75) is 70.6 Å². The maximum absolute atomic E-state index is 13.9. The third kappa shape index (κ3) is 8.21. The first-order valence-corrected chi connectivity index (χ1v) is 15.4. The van der Waals surface area contributed by atoms with Crippen molar-refractivity contribution in [1.29, 1.82) is 5.26 Å². The van der Waals surface area contributed by atoms with Gasteiger partial charge in [0.25, 0.3) is 6.43 Å². The number of carbonyl (C=O) groups is 1. The van der Waals surface area contributed by atoms with E-state index in [0.29, 0.717) is 35.4 Å². The average molecular weight is 634 g/mol. The third-order valence-corrected chi connectivity index (χ3v) is 8.31. The molecule has 246 valence electrons. The van der Waals surface area contributed by atoms with Crippen molar-refractivity contribution in [3.63, 3.8) is 0 Å². The Morgan fingerprint density at radius 3 is 2.76 bits per heavy atom. The van der Waals surface area contributed by atoms with Crippen LogP contribution in [0, 0.1) is 22.7 Å². The van der Waals surface area contributed by atoms with E-state index in [-0.39, 0.29) is 36.0 Å². The summed E-state index contributed by atoms with van der Waals surface area (Å²) in [5.74, 6) is 5.72. The molecule has 1 amide bonds. The van der Waals surface area contributed by atoms with E-state index in [2.05, 4.69) is 54.4 Å². The molecule has 0 aromatic heterocycles. The van der Waals surface area contributed by atoms with Crippen LogP contribution in [-0.4, -0.2) is 59.9 Å². The van der Waals surface area contributed by atoms with Crippen molar-refractivity contribution in [3.05, 3.63) is 95.3 Å². The van der Waals surface area contributed by atoms with E-state index in [1.807, 2.05) is 30.4 Å². The first-order valence-electron chi connectivity index (χ1n) is 15.4. The summed E-state index contributed by atoms with van der Waals surface area (Å²) in [5, 5.41) is 21.1. The van der Waals surface area contributed by atoms with E-state index < -0.39 is 23.9 Å². The molecule has 0 radical (unpaired) electrons. The van der Waals surface area contributed by atoms with E-state index in [9.17, 15) is 18.8 Å². The number of allylic oxidation sites excluding steroid dienone is 7. The number of aliphatic imine (C=N–C) groups is 1. The van der Waals surface area contributed by atoms with Gasteiger partial charge in [0.05, 0.1) is 29.6 Å². The van der Waals surface area contributed by atoms with Gasteiger partial charge in [0.2, 0.25) is 5.91 Å². The van der Waals surface area contributed by atoms with Crippen LogP contribution in [0.3, 0.4) is 0 Å². The van der Waals surface area contributed by atoms with Gasteiger partial charge in [0.15, 0.2) is 0 Å². The van der Waals surface area contributed by atoms with Gasteiger partial charge in [-0.2, -0.15) is 5.26 Å². The van der Waals surface area contributed by atoms with Gasteiger partial charge in [-0.1, -0.05) is 51.7 Å². The summed E-state index contributed by atoms with van der Waals surface area (Å²) in [4.78, 5) is 19.0. The monoisotopic (exact) mass is 633 g/mol. The molecule has 7 N–H and O–H groups in total. The minimum Gasteiger partial charge on any atom is -0.399 e. The Morgan fingerprint density at radius 2 is 2.13 bits per heavy atom. The number of halogens is 2. The van der Waals surface area contributed by atoms with Crippen molar-refractivity contribution in [3.8, 4) is 6.07 Å². The number of hydrogen-bond acceptors (Lipinski definition) is 9. The minimum atomic E-state index is -2.65. The lowest BCUT2D eigenvalue weighted by Gasteiger charge is -2.30. The summed E-state index contributed by atoms with van der Waals surface area (Å²) in [5.41, 5.74) is 8.36. The molecule has 0 spiro atoms. The number of amides is 1. The number of fused-ring (bicyclic) bond motifs is 1. The lowest BCUT2D eigenvalue weighted by atomic mass is 9.89. The Kier molecular flexibility index (Phi) is 10.7. The Labute approximate surface area is 270 Å². The number of nitrogens with one attached hydrogen (secondary N) is 3. The maximum atomic E-state index is 13.9. The highest BCUT2D eigenvalue weighted by Crippen LogP contribution is 2.45. The van der Waals surface area contributed by atoms with Gasteiger partial charge < -0.3 is 26.3 Å². The van der Waals surface area contributed by atoms with E-state index >= 15 is 0 Å².